The number of carbonyl (C=O) groups excluding carboxylic acids is 1. The van der Waals surface area contributed by atoms with Gasteiger partial charge in [0.2, 0.25) is 0 Å². The summed E-state index contributed by atoms with van der Waals surface area (Å²) in [5.74, 6) is -0.509. The molecule has 2 aromatic heterocycles. The van der Waals surface area contributed by atoms with Crippen LogP contribution in [0.1, 0.15) is 12.5 Å². The molecule has 0 radical (unpaired) electrons. The predicted molar refractivity (Wildman–Crippen MR) is 99.3 cm³/mol. The first-order valence-corrected chi connectivity index (χ1v) is 8.51. The van der Waals surface area contributed by atoms with Crippen LogP contribution in [-0.2, 0) is 29.3 Å². The number of likely N-dealkylation sites (N-methyl/N-ethyl adjacent to an activating group) is 1. The maximum Gasteiger partial charge on any atom is 0.333 e. The monoisotopic (exact) mass is 371 g/mol. The normalized spacial score (nSPS) is 11.1. The number of hydroxylamine groups is 2. The van der Waals surface area contributed by atoms with Crippen molar-refractivity contribution in [2.45, 2.75) is 26.6 Å². The number of hydrogen-bond donors (Lipinski definition) is 0. The molecule has 0 aliphatic rings. The Balaban J connectivity index is 2.22. The van der Waals surface area contributed by atoms with Crippen LogP contribution in [0, 0.1) is 0 Å². The van der Waals surface area contributed by atoms with Gasteiger partial charge in [-0.25, -0.2) is 19.4 Å². The lowest BCUT2D eigenvalue weighted by molar-refractivity contribution is -0.169. The van der Waals surface area contributed by atoms with Gasteiger partial charge in [0.05, 0.1) is 20.0 Å². The van der Waals surface area contributed by atoms with Crippen LogP contribution < -0.4 is 11.2 Å². The third-order valence-electron chi connectivity index (χ3n) is 4.43. The Hall–Kier alpha value is -3.20. The lowest BCUT2D eigenvalue weighted by Crippen LogP contribution is -2.44. The van der Waals surface area contributed by atoms with Crippen molar-refractivity contribution in [1.82, 2.24) is 23.7 Å². The zero-order chi connectivity index (χ0) is 19.6. The molecule has 0 atom stereocenters. The molecule has 0 N–H and O–H groups in total. The summed E-state index contributed by atoms with van der Waals surface area (Å²) >= 11 is 0. The lowest BCUT2D eigenvalue weighted by Gasteiger charge is -2.16. The molecule has 0 aliphatic carbocycles. The van der Waals surface area contributed by atoms with Crippen LogP contribution in [0.3, 0.4) is 0 Å². The molecule has 3 rings (SSSR count). The van der Waals surface area contributed by atoms with Crippen molar-refractivity contribution in [2.75, 3.05) is 14.2 Å². The number of rotatable bonds is 6. The summed E-state index contributed by atoms with van der Waals surface area (Å²) in [5.41, 5.74) is 0.352. The summed E-state index contributed by atoms with van der Waals surface area (Å²) in [6.45, 7) is 2.22. The van der Waals surface area contributed by atoms with E-state index in [0.29, 0.717) is 17.7 Å². The number of carbonyl (C=O) groups is 1. The number of hydrogen-bond acceptors (Lipinski definition) is 5. The van der Waals surface area contributed by atoms with Gasteiger partial charge >= 0.3 is 5.69 Å². The van der Waals surface area contributed by atoms with Crippen molar-refractivity contribution in [3.63, 3.8) is 0 Å². The molecule has 27 heavy (non-hydrogen) atoms. The first-order chi connectivity index (χ1) is 13.0. The quantitative estimate of drug-likeness (QED) is 0.587. The fourth-order valence-corrected chi connectivity index (χ4v) is 2.86. The van der Waals surface area contributed by atoms with Crippen molar-refractivity contribution >= 4 is 17.1 Å². The van der Waals surface area contributed by atoms with Crippen molar-refractivity contribution in [2.24, 2.45) is 0 Å². The summed E-state index contributed by atoms with van der Waals surface area (Å²) in [6.07, 6.45) is 1.53. The summed E-state index contributed by atoms with van der Waals surface area (Å²) < 4.78 is 4.01. The van der Waals surface area contributed by atoms with Crippen molar-refractivity contribution in [1.29, 1.82) is 0 Å². The maximum absolute atomic E-state index is 13.0. The highest BCUT2D eigenvalue weighted by atomic mass is 16.7. The molecule has 1 aromatic carbocycles. The molecule has 0 fully saturated rings. The Morgan fingerprint density at radius 3 is 2.52 bits per heavy atom. The van der Waals surface area contributed by atoms with Gasteiger partial charge in [0.15, 0.2) is 11.2 Å². The summed E-state index contributed by atoms with van der Waals surface area (Å²) in [7, 11) is 2.76. The van der Waals surface area contributed by atoms with Crippen LogP contribution in [0.4, 0.5) is 0 Å². The van der Waals surface area contributed by atoms with Crippen LogP contribution >= 0.6 is 0 Å². The van der Waals surface area contributed by atoms with E-state index in [2.05, 4.69) is 4.98 Å². The third kappa shape index (κ3) is 3.41. The smallest absolute Gasteiger partial charge is 0.325 e. The van der Waals surface area contributed by atoms with Crippen LogP contribution in [0.25, 0.3) is 11.2 Å². The number of fused-ring (bicyclic) bond motifs is 1. The van der Waals surface area contributed by atoms with Gasteiger partial charge in [0, 0.05) is 13.6 Å². The zero-order valence-electron chi connectivity index (χ0n) is 15.5. The van der Waals surface area contributed by atoms with Crippen LogP contribution in [0.5, 0.6) is 0 Å². The molecular formula is C18H21N5O4. The van der Waals surface area contributed by atoms with E-state index < -0.39 is 23.7 Å². The third-order valence-corrected chi connectivity index (χ3v) is 4.43. The Bertz CT molecular complexity index is 1080. The standard InChI is InChI=1S/C18H21N5O4/c1-4-21-12-19-16-15(21)17(25)23(11-14(24)20(2)27-3)18(26)22(16)10-13-8-6-5-7-9-13/h5-9,12H,4,10-11H2,1-3H3. The van der Waals surface area contributed by atoms with E-state index in [1.807, 2.05) is 37.3 Å². The molecule has 0 spiro atoms. The van der Waals surface area contributed by atoms with Gasteiger partial charge in [-0.05, 0) is 12.5 Å². The molecule has 9 nitrogen and oxygen atoms in total. The van der Waals surface area contributed by atoms with Crippen LogP contribution in [-0.4, -0.2) is 43.8 Å². The van der Waals surface area contributed by atoms with E-state index in [1.165, 1.54) is 25.1 Å². The highest BCUT2D eigenvalue weighted by molar-refractivity contribution is 5.75. The average Bonchev–Trinajstić information content (AvgIpc) is 3.12. The minimum atomic E-state index is -0.587. The number of aryl methyl sites for hydroxylation is 1. The van der Waals surface area contributed by atoms with Crippen molar-refractivity contribution in [3.8, 4) is 0 Å². The molecule has 0 saturated heterocycles. The van der Waals surface area contributed by atoms with Gasteiger partial charge in [-0.15, -0.1) is 0 Å². The SMILES string of the molecule is CCn1cnc2c1c(=O)n(CC(=O)N(C)OC)c(=O)n2Cc1ccccc1. The van der Waals surface area contributed by atoms with Gasteiger partial charge in [-0.1, -0.05) is 30.3 Å². The molecule has 3 aromatic rings. The Labute approximate surface area is 155 Å². The summed E-state index contributed by atoms with van der Waals surface area (Å²) in [5, 5.41) is 0.981. The Morgan fingerprint density at radius 2 is 1.89 bits per heavy atom. The summed E-state index contributed by atoms with van der Waals surface area (Å²) in [4.78, 5) is 47.3. The molecule has 2 heterocycles. The number of nitrogens with zero attached hydrogens (tertiary/aromatic N) is 5. The van der Waals surface area contributed by atoms with Gasteiger partial charge < -0.3 is 4.57 Å². The Morgan fingerprint density at radius 1 is 1.19 bits per heavy atom. The number of imidazole rings is 1. The zero-order valence-corrected chi connectivity index (χ0v) is 15.5. The van der Waals surface area contributed by atoms with Crippen LogP contribution in [0.2, 0.25) is 0 Å². The van der Waals surface area contributed by atoms with Gasteiger partial charge in [-0.3, -0.25) is 19.0 Å². The van der Waals surface area contributed by atoms with Gasteiger partial charge in [0.25, 0.3) is 11.5 Å². The predicted octanol–water partition coefficient (Wildman–Crippen LogP) is 0.448. The molecule has 0 aliphatic heterocycles. The van der Waals surface area contributed by atoms with E-state index in [-0.39, 0.29) is 6.54 Å². The van der Waals surface area contributed by atoms with E-state index in [1.54, 1.807) is 4.57 Å². The molecular weight excluding hydrogens is 350 g/mol. The number of amides is 1. The maximum atomic E-state index is 13.0. The second kappa shape index (κ2) is 7.58. The number of benzene rings is 1. The fraction of sp³-hybridized carbons (Fsp3) is 0.333. The van der Waals surface area contributed by atoms with Gasteiger partial charge in [-0.2, -0.15) is 0 Å². The van der Waals surface area contributed by atoms with E-state index in [4.69, 9.17) is 4.84 Å². The molecule has 0 unspecified atom stereocenters. The second-order valence-electron chi connectivity index (χ2n) is 6.02. The minimum Gasteiger partial charge on any atom is -0.325 e. The molecule has 142 valence electrons. The topological polar surface area (TPSA) is 91.4 Å². The van der Waals surface area contributed by atoms with Crippen molar-refractivity contribution < 1.29 is 9.63 Å². The molecule has 0 saturated carbocycles. The van der Waals surface area contributed by atoms with Gasteiger partial charge in [0.1, 0.15) is 6.54 Å². The van der Waals surface area contributed by atoms with Crippen molar-refractivity contribution in [3.05, 3.63) is 63.1 Å². The second-order valence-corrected chi connectivity index (χ2v) is 6.02. The average molecular weight is 371 g/mol. The highest BCUT2D eigenvalue weighted by Gasteiger charge is 2.20. The fourth-order valence-electron chi connectivity index (χ4n) is 2.86. The molecule has 0 bridgehead atoms. The lowest BCUT2D eigenvalue weighted by atomic mass is 10.2. The Kier molecular flexibility index (Phi) is 5.22. The van der Waals surface area contributed by atoms with E-state index in [0.717, 1.165) is 15.2 Å². The summed E-state index contributed by atoms with van der Waals surface area (Å²) in [6, 6.07) is 9.39. The highest BCUT2D eigenvalue weighted by Crippen LogP contribution is 2.09. The van der Waals surface area contributed by atoms with E-state index >= 15 is 0 Å². The molecule has 1 amide bonds. The first-order valence-electron chi connectivity index (χ1n) is 8.51. The largest absolute Gasteiger partial charge is 0.333 e. The molecule has 9 heteroatoms. The minimum absolute atomic E-state index is 0.242. The number of aromatic nitrogens is 4. The van der Waals surface area contributed by atoms with E-state index in [9.17, 15) is 14.4 Å². The van der Waals surface area contributed by atoms with Crippen LogP contribution in [0.15, 0.2) is 46.2 Å². The first kappa shape index (κ1) is 18.6.